The molecular formula is C14H19NO5. The molecule has 0 amide bonds. The standard InChI is InChI=1S/C14H19NO5/c1-14(2,3)20-13(19)9-6-4-8(5-7-9)11(16)10(15)12(17)18/h4-7,10-11,16H,15H2,1-3H3,(H,17,18). The van der Waals surface area contributed by atoms with Gasteiger partial charge in [-0.2, -0.15) is 0 Å². The Labute approximate surface area is 117 Å². The number of carboxylic acid groups (broad SMARTS) is 1. The number of hydrogen-bond acceptors (Lipinski definition) is 5. The topological polar surface area (TPSA) is 110 Å². The van der Waals surface area contributed by atoms with Crippen molar-refractivity contribution in [3.05, 3.63) is 35.4 Å². The second-order valence-electron chi connectivity index (χ2n) is 5.43. The van der Waals surface area contributed by atoms with E-state index < -0.39 is 29.7 Å². The van der Waals surface area contributed by atoms with E-state index in [4.69, 9.17) is 15.6 Å². The lowest BCUT2D eigenvalue weighted by Crippen LogP contribution is -2.36. The summed E-state index contributed by atoms with van der Waals surface area (Å²) in [6.45, 7) is 5.28. The maximum Gasteiger partial charge on any atom is 0.338 e. The van der Waals surface area contributed by atoms with Crippen LogP contribution in [-0.4, -0.2) is 33.8 Å². The number of carboxylic acids is 1. The highest BCUT2D eigenvalue weighted by Gasteiger charge is 2.24. The minimum Gasteiger partial charge on any atom is -0.480 e. The zero-order valence-electron chi connectivity index (χ0n) is 11.7. The van der Waals surface area contributed by atoms with Crippen LogP contribution in [0.25, 0.3) is 0 Å². The molecular weight excluding hydrogens is 262 g/mol. The molecule has 1 aromatic rings. The Morgan fingerprint density at radius 3 is 2.10 bits per heavy atom. The van der Waals surface area contributed by atoms with E-state index in [1.807, 2.05) is 0 Å². The predicted molar refractivity (Wildman–Crippen MR) is 72.2 cm³/mol. The third kappa shape index (κ3) is 4.32. The summed E-state index contributed by atoms with van der Waals surface area (Å²) in [7, 11) is 0. The summed E-state index contributed by atoms with van der Waals surface area (Å²) >= 11 is 0. The van der Waals surface area contributed by atoms with Gasteiger partial charge in [0.15, 0.2) is 0 Å². The van der Waals surface area contributed by atoms with Crippen LogP contribution in [0.5, 0.6) is 0 Å². The van der Waals surface area contributed by atoms with Crippen molar-refractivity contribution in [1.82, 2.24) is 0 Å². The van der Waals surface area contributed by atoms with Crippen LogP contribution in [0.4, 0.5) is 0 Å². The summed E-state index contributed by atoms with van der Waals surface area (Å²) in [6.07, 6.45) is -1.33. The average Bonchev–Trinajstić information content (AvgIpc) is 2.35. The molecule has 2 unspecified atom stereocenters. The lowest BCUT2D eigenvalue weighted by molar-refractivity contribution is -0.141. The van der Waals surface area contributed by atoms with Crippen LogP contribution < -0.4 is 5.73 Å². The Morgan fingerprint density at radius 1 is 1.20 bits per heavy atom. The zero-order chi connectivity index (χ0) is 15.5. The summed E-state index contributed by atoms with van der Waals surface area (Å²) in [5.41, 5.74) is 5.38. The fourth-order valence-electron chi connectivity index (χ4n) is 1.50. The van der Waals surface area contributed by atoms with E-state index in [2.05, 4.69) is 0 Å². The number of carbonyl (C=O) groups excluding carboxylic acids is 1. The van der Waals surface area contributed by atoms with Crippen LogP contribution in [0.2, 0.25) is 0 Å². The Bertz CT molecular complexity index is 489. The van der Waals surface area contributed by atoms with Gasteiger partial charge >= 0.3 is 11.9 Å². The largest absolute Gasteiger partial charge is 0.480 e. The average molecular weight is 281 g/mol. The van der Waals surface area contributed by atoms with E-state index in [1.165, 1.54) is 24.3 Å². The molecule has 0 saturated carbocycles. The Balaban J connectivity index is 2.84. The molecule has 6 heteroatoms. The van der Waals surface area contributed by atoms with E-state index in [-0.39, 0.29) is 0 Å². The van der Waals surface area contributed by atoms with Crippen LogP contribution in [-0.2, 0) is 9.53 Å². The second kappa shape index (κ2) is 6.02. The van der Waals surface area contributed by atoms with Crippen LogP contribution in [0.1, 0.15) is 42.8 Å². The highest BCUT2D eigenvalue weighted by atomic mass is 16.6. The molecule has 0 fully saturated rings. The van der Waals surface area contributed by atoms with Gasteiger partial charge in [-0.3, -0.25) is 4.79 Å². The van der Waals surface area contributed by atoms with Crippen molar-refractivity contribution in [3.63, 3.8) is 0 Å². The maximum absolute atomic E-state index is 11.8. The first-order chi connectivity index (χ1) is 9.11. The van der Waals surface area contributed by atoms with E-state index in [9.17, 15) is 14.7 Å². The zero-order valence-corrected chi connectivity index (χ0v) is 11.7. The van der Waals surface area contributed by atoms with Gasteiger partial charge in [-0.25, -0.2) is 4.79 Å². The number of carbonyl (C=O) groups is 2. The molecule has 20 heavy (non-hydrogen) atoms. The van der Waals surface area contributed by atoms with Gasteiger partial charge in [0.2, 0.25) is 0 Å². The number of rotatable bonds is 4. The number of nitrogens with two attached hydrogens (primary N) is 1. The third-order valence-electron chi connectivity index (χ3n) is 2.51. The van der Waals surface area contributed by atoms with Gasteiger partial charge < -0.3 is 20.7 Å². The normalized spacial score (nSPS) is 14.4. The van der Waals surface area contributed by atoms with Crippen molar-refractivity contribution in [2.45, 2.75) is 38.5 Å². The first-order valence-corrected chi connectivity index (χ1v) is 6.11. The molecule has 6 nitrogen and oxygen atoms in total. The number of ether oxygens (including phenoxy) is 1. The van der Waals surface area contributed by atoms with Crippen molar-refractivity contribution in [1.29, 1.82) is 0 Å². The molecule has 0 radical (unpaired) electrons. The summed E-state index contributed by atoms with van der Waals surface area (Å²) in [5.74, 6) is -1.78. The molecule has 1 rings (SSSR count). The van der Waals surface area contributed by atoms with Gasteiger partial charge in [0.1, 0.15) is 17.7 Å². The van der Waals surface area contributed by atoms with Crippen molar-refractivity contribution in [2.24, 2.45) is 5.73 Å². The SMILES string of the molecule is CC(C)(C)OC(=O)c1ccc(C(O)C(N)C(=O)O)cc1. The van der Waals surface area contributed by atoms with Crippen molar-refractivity contribution >= 4 is 11.9 Å². The van der Waals surface area contributed by atoms with Crippen molar-refractivity contribution in [3.8, 4) is 0 Å². The number of aliphatic hydroxyl groups is 1. The van der Waals surface area contributed by atoms with E-state index >= 15 is 0 Å². The molecule has 0 aliphatic heterocycles. The molecule has 0 aliphatic carbocycles. The van der Waals surface area contributed by atoms with Crippen LogP contribution >= 0.6 is 0 Å². The first-order valence-electron chi connectivity index (χ1n) is 6.11. The predicted octanol–water partition coefficient (Wildman–Crippen LogP) is 1.09. The molecule has 110 valence electrons. The molecule has 4 N–H and O–H groups in total. The van der Waals surface area contributed by atoms with Gasteiger partial charge in [-0.1, -0.05) is 12.1 Å². The van der Waals surface area contributed by atoms with Gasteiger partial charge in [0.05, 0.1) is 5.56 Å². The van der Waals surface area contributed by atoms with Crippen LogP contribution in [0.15, 0.2) is 24.3 Å². The fourth-order valence-corrected chi connectivity index (χ4v) is 1.50. The molecule has 0 aromatic heterocycles. The fraction of sp³-hybridized carbons (Fsp3) is 0.429. The molecule has 2 atom stereocenters. The van der Waals surface area contributed by atoms with E-state index in [0.717, 1.165) is 0 Å². The van der Waals surface area contributed by atoms with Gasteiger partial charge in [-0.15, -0.1) is 0 Å². The Kier molecular flexibility index (Phi) is 4.86. The quantitative estimate of drug-likeness (QED) is 0.712. The number of aliphatic carboxylic acids is 1. The lowest BCUT2D eigenvalue weighted by atomic mass is 10.0. The van der Waals surface area contributed by atoms with Gasteiger partial charge in [0.25, 0.3) is 0 Å². The molecule has 0 heterocycles. The highest BCUT2D eigenvalue weighted by molar-refractivity contribution is 5.89. The van der Waals surface area contributed by atoms with Crippen LogP contribution in [0, 0.1) is 0 Å². The number of benzene rings is 1. The van der Waals surface area contributed by atoms with E-state index in [0.29, 0.717) is 11.1 Å². The Hall–Kier alpha value is -1.92. The first kappa shape index (κ1) is 16.1. The van der Waals surface area contributed by atoms with Crippen LogP contribution in [0.3, 0.4) is 0 Å². The maximum atomic E-state index is 11.8. The monoisotopic (exact) mass is 281 g/mol. The van der Waals surface area contributed by atoms with E-state index in [1.54, 1.807) is 20.8 Å². The molecule has 1 aromatic carbocycles. The van der Waals surface area contributed by atoms with Gasteiger partial charge in [-0.05, 0) is 38.5 Å². The Morgan fingerprint density at radius 2 is 1.70 bits per heavy atom. The minimum absolute atomic E-state index is 0.319. The number of esters is 1. The smallest absolute Gasteiger partial charge is 0.338 e. The molecule has 0 spiro atoms. The van der Waals surface area contributed by atoms with Gasteiger partial charge in [0, 0.05) is 0 Å². The number of aliphatic hydroxyl groups excluding tert-OH is 1. The minimum atomic E-state index is -1.41. The molecule has 0 aliphatic rings. The summed E-state index contributed by atoms with van der Waals surface area (Å²) in [4.78, 5) is 22.5. The summed E-state index contributed by atoms with van der Waals surface area (Å²) < 4.78 is 5.19. The summed E-state index contributed by atoms with van der Waals surface area (Å²) in [6, 6.07) is 4.41. The third-order valence-corrected chi connectivity index (χ3v) is 2.51. The number of hydrogen-bond donors (Lipinski definition) is 3. The summed E-state index contributed by atoms with van der Waals surface area (Å²) in [5, 5.41) is 18.5. The molecule has 0 bridgehead atoms. The molecule has 0 saturated heterocycles. The van der Waals surface area contributed by atoms with Crippen molar-refractivity contribution < 1.29 is 24.5 Å². The lowest BCUT2D eigenvalue weighted by Gasteiger charge is -2.20. The second-order valence-corrected chi connectivity index (χ2v) is 5.43. The highest BCUT2D eigenvalue weighted by Crippen LogP contribution is 2.18. The van der Waals surface area contributed by atoms with Crippen molar-refractivity contribution in [2.75, 3.05) is 0 Å².